The van der Waals surface area contributed by atoms with Crippen LogP contribution in [0.2, 0.25) is 0 Å². The number of aromatic nitrogens is 1. The number of para-hydroxylation sites is 2. The number of fused-ring (bicyclic) bond motifs is 9. The lowest BCUT2D eigenvalue weighted by Gasteiger charge is -2.28. The first kappa shape index (κ1) is 25.3. The van der Waals surface area contributed by atoms with Crippen molar-refractivity contribution in [1.82, 2.24) is 4.57 Å². The van der Waals surface area contributed by atoms with Gasteiger partial charge in [0.15, 0.2) is 0 Å². The zero-order chi connectivity index (χ0) is 30.2. The number of nitrogens with zero attached hydrogens (tertiary/aromatic N) is 2. The second-order valence-electron chi connectivity index (χ2n) is 12.3. The van der Waals surface area contributed by atoms with E-state index in [4.69, 9.17) is 0 Å². The van der Waals surface area contributed by atoms with Crippen molar-refractivity contribution >= 4 is 71.2 Å². The number of hydrogen-bond donors (Lipinski definition) is 1. The SMILES string of the molecule is c1ccc(C2Nc3ccc4ccc5ccc(-n6c7ccccc7c7cc8ccccc8cc76)cc5c4c3N2c2ccccc2)cc1. The van der Waals surface area contributed by atoms with E-state index in [-0.39, 0.29) is 6.17 Å². The molecule has 0 saturated heterocycles. The average molecular weight is 588 g/mol. The van der Waals surface area contributed by atoms with Gasteiger partial charge in [-0.1, -0.05) is 115 Å². The predicted molar refractivity (Wildman–Crippen MR) is 195 cm³/mol. The van der Waals surface area contributed by atoms with Crippen LogP contribution in [0.25, 0.3) is 59.8 Å². The van der Waals surface area contributed by atoms with Crippen LogP contribution in [0.1, 0.15) is 11.7 Å². The van der Waals surface area contributed by atoms with Crippen molar-refractivity contribution in [3.05, 3.63) is 169 Å². The van der Waals surface area contributed by atoms with Crippen LogP contribution < -0.4 is 10.2 Å². The minimum atomic E-state index is -0.0201. The lowest BCUT2D eigenvalue weighted by Crippen LogP contribution is -2.23. The standard InChI is InChI=1S/C43H29N3/c1-3-11-30(12-4-1)43-44-38-24-22-29-20-19-28-21-23-34(27-36(28)41(29)42(38)46(43)33-15-5-2-6-16-33)45-39-18-10-9-17-35(39)37-25-31-13-7-8-14-32(31)26-40(37)45/h1-27,43-44H. The molecule has 0 bridgehead atoms. The van der Waals surface area contributed by atoms with Crippen LogP contribution in [-0.2, 0) is 0 Å². The summed E-state index contributed by atoms with van der Waals surface area (Å²) < 4.78 is 2.44. The molecule has 10 rings (SSSR count). The predicted octanol–water partition coefficient (Wildman–Crippen LogP) is 11.5. The molecule has 1 aromatic heterocycles. The van der Waals surface area contributed by atoms with E-state index in [0.29, 0.717) is 0 Å². The van der Waals surface area contributed by atoms with Crippen molar-refractivity contribution in [3.63, 3.8) is 0 Å². The quantitative estimate of drug-likeness (QED) is 0.208. The molecule has 1 N–H and O–H groups in total. The summed E-state index contributed by atoms with van der Waals surface area (Å²) in [6, 6.07) is 59.7. The second kappa shape index (κ2) is 9.72. The number of anilines is 3. The summed E-state index contributed by atoms with van der Waals surface area (Å²) in [6.07, 6.45) is -0.0201. The van der Waals surface area contributed by atoms with E-state index in [1.54, 1.807) is 0 Å². The van der Waals surface area contributed by atoms with E-state index in [0.717, 1.165) is 17.1 Å². The zero-order valence-corrected chi connectivity index (χ0v) is 25.1. The minimum absolute atomic E-state index is 0.0201. The van der Waals surface area contributed by atoms with Gasteiger partial charge in [-0.05, 0) is 81.0 Å². The Morgan fingerprint density at radius 1 is 0.435 bits per heavy atom. The van der Waals surface area contributed by atoms with E-state index < -0.39 is 0 Å². The van der Waals surface area contributed by atoms with Gasteiger partial charge in [-0.2, -0.15) is 0 Å². The third kappa shape index (κ3) is 3.66. The molecule has 1 aliphatic rings. The number of rotatable bonds is 3. The molecule has 1 unspecified atom stereocenters. The van der Waals surface area contributed by atoms with Crippen LogP contribution in [0.3, 0.4) is 0 Å². The lowest BCUT2D eigenvalue weighted by atomic mass is 9.98. The molecule has 2 heterocycles. The molecule has 8 aromatic carbocycles. The van der Waals surface area contributed by atoms with Crippen molar-refractivity contribution in [3.8, 4) is 5.69 Å². The van der Waals surface area contributed by atoms with Gasteiger partial charge in [0, 0.05) is 27.5 Å². The molecular formula is C43H29N3. The van der Waals surface area contributed by atoms with Crippen molar-refractivity contribution in [2.45, 2.75) is 6.17 Å². The van der Waals surface area contributed by atoms with E-state index in [1.165, 1.54) is 65.4 Å². The summed E-state index contributed by atoms with van der Waals surface area (Å²) in [5, 5.41) is 13.9. The summed E-state index contributed by atoms with van der Waals surface area (Å²) in [7, 11) is 0. The Morgan fingerprint density at radius 3 is 1.96 bits per heavy atom. The highest BCUT2D eigenvalue weighted by atomic mass is 15.3. The Bertz CT molecular complexity index is 2620. The zero-order valence-electron chi connectivity index (χ0n) is 25.1. The third-order valence-electron chi connectivity index (χ3n) is 9.70. The molecule has 0 spiro atoms. The first-order chi connectivity index (χ1) is 22.8. The maximum Gasteiger partial charge on any atom is 0.130 e. The van der Waals surface area contributed by atoms with Crippen LogP contribution in [0.4, 0.5) is 17.1 Å². The molecule has 1 aliphatic heterocycles. The highest BCUT2D eigenvalue weighted by molar-refractivity contribution is 6.19. The van der Waals surface area contributed by atoms with Crippen LogP contribution in [0, 0.1) is 0 Å². The Kier molecular flexibility index (Phi) is 5.34. The Labute approximate surface area is 266 Å². The van der Waals surface area contributed by atoms with E-state index >= 15 is 0 Å². The summed E-state index contributed by atoms with van der Waals surface area (Å²) in [5.74, 6) is 0. The van der Waals surface area contributed by atoms with Gasteiger partial charge in [0.1, 0.15) is 6.17 Å². The fourth-order valence-corrected chi connectivity index (χ4v) is 7.63. The normalized spacial score (nSPS) is 14.4. The summed E-state index contributed by atoms with van der Waals surface area (Å²) >= 11 is 0. The molecule has 46 heavy (non-hydrogen) atoms. The van der Waals surface area contributed by atoms with Gasteiger partial charge in [0.2, 0.25) is 0 Å². The summed E-state index contributed by atoms with van der Waals surface area (Å²) in [4.78, 5) is 2.48. The van der Waals surface area contributed by atoms with Crippen molar-refractivity contribution < 1.29 is 0 Å². The Hall–Kier alpha value is -6.06. The Balaban J connectivity index is 1.27. The van der Waals surface area contributed by atoms with Gasteiger partial charge in [-0.25, -0.2) is 0 Å². The summed E-state index contributed by atoms with van der Waals surface area (Å²) in [5.41, 5.74) is 8.36. The summed E-state index contributed by atoms with van der Waals surface area (Å²) in [6.45, 7) is 0. The minimum Gasteiger partial charge on any atom is -0.359 e. The fourth-order valence-electron chi connectivity index (χ4n) is 7.63. The van der Waals surface area contributed by atoms with E-state index in [1.807, 2.05) is 0 Å². The van der Waals surface area contributed by atoms with E-state index in [9.17, 15) is 0 Å². The van der Waals surface area contributed by atoms with Gasteiger partial charge in [0.25, 0.3) is 0 Å². The molecule has 0 radical (unpaired) electrons. The van der Waals surface area contributed by atoms with Crippen molar-refractivity contribution in [1.29, 1.82) is 0 Å². The number of hydrogen-bond acceptors (Lipinski definition) is 2. The molecule has 216 valence electrons. The largest absolute Gasteiger partial charge is 0.359 e. The molecule has 9 aromatic rings. The first-order valence-corrected chi connectivity index (χ1v) is 15.9. The lowest BCUT2D eigenvalue weighted by molar-refractivity contribution is 0.830. The van der Waals surface area contributed by atoms with Gasteiger partial charge < -0.3 is 14.8 Å². The molecule has 3 nitrogen and oxygen atoms in total. The molecular weight excluding hydrogens is 558 g/mol. The first-order valence-electron chi connectivity index (χ1n) is 15.9. The highest BCUT2D eigenvalue weighted by Crippen LogP contribution is 2.51. The van der Waals surface area contributed by atoms with Crippen LogP contribution in [0.5, 0.6) is 0 Å². The number of nitrogens with one attached hydrogen (secondary N) is 1. The fraction of sp³-hybridized carbons (Fsp3) is 0.0233. The van der Waals surface area contributed by atoms with Gasteiger partial charge >= 0.3 is 0 Å². The Morgan fingerprint density at radius 2 is 1.11 bits per heavy atom. The van der Waals surface area contributed by atoms with Gasteiger partial charge in [-0.15, -0.1) is 0 Å². The van der Waals surface area contributed by atoms with Gasteiger partial charge in [-0.3, -0.25) is 0 Å². The van der Waals surface area contributed by atoms with Crippen molar-refractivity contribution in [2.75, 3.05) is 10.2 Å². The average Bonchev–Trinajstić information content (AvgIpc) is 3.67. The molecule has 0 aliphatic carbocycles. The monoisotopic (exact) mass is 587 g/mol. The molecule has 0 saturated carbocycles. The second-order valence-corrected chi connectivity index (χ2v) is 12.3. The van der Waals surface area contributed by atoms with E-state index in [2.05, 4.69) is 179 Å². The van der Waals surface area contributed by atoms with Crippen molar-refractivity contribution in [2.24, 2.45) is 0 Å². The van der Waals surface area contributed by atoms with Crippen LogP contribution in [0.15, 0.2) is 164 Å². The molecule has 0 amide bonds. The highest BCUT2D eigenvalue weighted by Gasteiger charge is 2.33. The van der Waals surface area contributed by atoms with Crippen LogP contribution >= 0.6 is 0 Å². The maximum atomic E-state index is 3.88. The van der Waals surface area contributed by atoms with Crippen LogP contribution in [-0.4, -0.2) is 4.57 Å². The molecule has 0 fully saturated rings. The third-order valence-corrected chi connectivity index (χ3v) is 9.70. The van der Waals surface area contributed by atoms with Gasteiger partial charge in [0.05, 0.1) is 22.4 Å². The number of benzene rings is 8. The molecule has 1 atom stereocenters. The maximum absolute atomic E-state index is 3.88. The topological polar surface area (TPSA) is 20.2 Å². The molecule has 3 heteroatoms. The smallest absolute Gasteiger partial charge is 0.130 e.